The lowest BCUT2D eigenvalue weighted by Crippen LogP contribution is -2.18. The second kappa shape index (κ2) is 11.9. The zero-order chi connectivity index (χ0) is 30.2. The second-order valence-corrected chi connectivity index (χ2v) is 12.5. The Balaban J connectivity index is 0.00000153. The summed E-state index contributed by atoms with van der Waals surface area (Å²) < 4.78 is 2.47. The van der Waals surface area contributed by atoms with Crippen LogP contribution in [0.4, 0.5) is 5.69 Å². The molecule has 0 radical (unpaired) electrons. The van der Waals surface area contributed by atoms with Gasteiger partial charge in [0, 0.05) is 51.0 Å². The van der Waals surface area contributed by atoms with Crippen molar-refractivity contribution >= 4 is 50.9 Å². The lowest BCUT2D eigenvalue weighted by atomic mass is 9.92. The summed E-state index contributed by atoms with van der Waals surface area (Å²) in [7, 11) is 2.16. The fourth-order valence-electron chi connectivity index (χ4n) is 6.75. The standard InChI is InChI=1S/C39H32N2S.C2H6/c1-3-11-27(22-29-21-20-26-12-4-7-17-35(26)40(29)2)28-13-10-14-30(23-28)41-36-18-8-5-15-31(36)33-25-39-34(24-37(33)41)32-16-6-9-19-38(32)42-39;1-2/h4-25,32,38H,3H2,1-2H3;1-2H3/b27-11-,29-22-;. The largest absolute Gasteiger partial charge is 0.344 e. The summed E-state index contributed by atoms with van der Waals surface area (Å²) in [6.45, 7) is 6.21. The van der Waals surface area contributed by atoms with Crippen molar-refractivity contribution in [2.45, 2.75) is 43.3 Å². The smallest absolute Gasteiger partial charge is 0.0544 e. The van der Waals surface area contributed by atoms with E-state index in [-0.39, 0.29) is 0 Å². The number of aromatic nitrogens is 1. The van der Waals surface area contributed by atoms with E-state index in [4.69, 9.17) is 0 Å². The van der Waals surface area contributed by atoms with Gasteiger partial charge < -0.3 is 9.47 Å². The van der Waals surface area contributed by atoms with Gasteiger partial charge in [0.15, 0.2) is 0 Å². The number of hydrogen-bond acceptors (Lipinski definition) is 2. The molecule has 8 rings (SSSR count). The van der Waals surface area contributed by atoms with Gasteiger partial charge in [0.05, 0.1) is 11.0 Å². The topological polar surface area (TPSA) is 8.17 Å². The Hall–Kier alpha value is -4.47. The Kier molecular flexibility index (Phi) is 7.66. The normalized spacial score (nSPS) is 19.2. The van der Waals surface area contributed by atoms with E-state index in [1.807, 2.05) is 25.6 Å². The molecule has 0 saturated carbocycles. The Labute approximate surface area is 265 Å². The zero-order valence-corrected chi connectivity index (χ0v) is 26.7. The van der Waals surface area contributed by atoms with Crippen LogP contribution in [0.5, 0.6) is 0 Å². The van der Waals surface area contributed by atoms with Crippen LogP contribution in [0.15, 0.2) is 138 Å². The number of thioether (sulfide) groups is 1. The van der Waals surface area contributed by atoms with Crippen LogP contribution in [0.3, 0.4) is 0 Å². The highest BCUT2D eigenvalue weighted by atomic mass is 32.2. The van der Waals surface area contributed by atoms with Crippen molar-refractivity contribution in [3.8, 4) is 5.69 Å². The Morgan fingerprint density at radius 3 is 2.52 bits per heavy atom. The van der Waals surface area contributed by atoms with Crippen molar-refractivity contribution in [3.05, 3.63) is 150 Å². The Bertz CT molecular complexity index is 2030. The van der Waals surface area contributed by atoms with Crippen molar-refractivity contribution in [1.82, 2.24) is 4.57 Å². The van der Waals surface area contributed by atoms with Crippen LogP contribution < -0.4 is 4.90 Å². The molecule has 218 valence electrons. The molecule has 2 nitrogen and oxygen atoms in total. The highest BCUT2D eigenvalue weighted by Crippen LogP contribution is 2.50. The monoisotopic (exact) mass is 590 g/mol. The number of hydrogen-bond donors (Lipinski definition) is 0. The molecular weight excluding hydrogens is 553 g/mol. The number of fused-ring (bicyclic) bond motifs is 7. The molecule has 4 aromatic carbocycles. The molecule has 1 aromatic heterocycles. The molecule has 5 aromatic rings. The lowest BCUT2D eigenvalue weighted by Gasteiger charge is -2.26. The van der Waals surface area contributed by atoms with Crippen LogP contribution in [-0.2, 0) is 0 Å². The highest BCUT2D eigenvalue weighted by molar-refractivity contribution is 8.00. The number of rotatable bonds is 4. The average Bonchev–Trinajstić information content (AvgIpc) is 3.60. The first-order chi connectivity index (χ1) is 21.7. The number of para-hydroxylation sites is 2. The maximum Gasteiger partial charge on any atom is 0.0544 e. The van der Waals surface area contributed by atoms with Gasteiger partial charge in [0.2, 0.25) is 0 Å². The summed E-state index contributed by atoms with van der Waals surface area (Å²) in [6.07, 6.45) is 19.2. The summed E-state index contributed by atoms with van der Waals surface area (Å²) in [6, 6.07) is 31.4. The minimum atomic E-state index is 0.438. The third-order valence-corrected chi connectivity index (χ3v) is 10.1. The van der Waals surface area contributed by atoms with E-state index in [1.54, 1.807) is 0 Å². The van der Waals surface area contributed by atoms with E-state index in [9.17, 15) is 0 Å². The van der Waals surface area contributed by atoms with Crippen molar-refractivity contribution < 1.29 is 0 Å². The van der Waals surface area contributed by atoms with E-state index in [0.29, 0.717) is 11.2 Å². The molecule has 3 heteroatoms. The molecule has 0 fully saturated rings. The fourth-order valence-corrected chi connectivity index (χ4v) is 8.11. The number of nitrogens with zero attached hydrogens (tertiary/aromatic N) is 2. The van der Waals surface area contributed by atoms with Crippen molar-refractivity contribution in [1.29, 1.82) is 0 Å². The first-order valence-corrected chi connectivity index (χ1v) is 16.7. The second-order valence-electron chi connectivity index (χ2n) is 11.3. The molecule has 2 atom stereocenters. The van der Waals surface area contributed by atoms with E-state index < -0.39 is 0 Å². The van der Waals surface area contributed by atoms with Crippen LogP contribution in [0, 0.1) is 0 Å². The number of allylic oxidation sites excluding steroid dienone is 7. The number of benzene rings is 4. The van der Waals surface area contributed by atoms with Crippen molar-refractivity contribution in [2.24, 2.45) is 0 Å². The fraction of sp³-hybridized carbons (Fsp3) is 0.171. The first kappa shape index (κ1) is 28.3. The van der Waals surface area contributed by atoms with Gasteiger partial charge in [-0.3, -0.25) is 0 Å². The average molecular weight is 591 g/mol. The molecular formula is C41H38N2S. The van der Waals surface area contributed by atoms with E-state index in [0.717, 1.165) is 6.42 Å². The van der Waals surface area contributed by atoms with Gasteiger partial charge >= 0.3 is 0 Å². The van der Waals surface area contributed by atoms with E-state index in [2.05, 4.69) is 157 Å². The molecule has 2 unspecified atom stereocenters. The predicted molar refractivity (Wildman–Crippen MR) is 193 cm³/mol. The predicted octanol–water partition coefficient (Wildman–Crippen LogP) is 11.3. The third-order valence-electron chi connectivity index (χ3n) is 8.79. The quantitative estimate of drug-likeness (QED) is 0.206. The van der Waals surface area contributed by atoms with Gasteiger partial charge in [0.25, 0.3) is 0 Å². The molecule has 0 bridgehead atoms. The van der Waals surface area contributed by atoms with Gasteiger partial charge in [-0.05, 0) is 77.2 Å². The molecule has 44 heavy (non-hydrogen) atoms. The van der Waals surface area contributed by atoms with Gasteiger partial charge in [-0.25, -0.2) is 0 Å². The van der Waals surface area contributed by atoms with Gasteiger partial charge in [-0.15, -0.1) is 11.8 Å². The molecule has 0 amide bonds. The summed E-state index contributed by atoms with van der Waals surface area (Å²) in [4.78, 5) is 3.70. The van der Waals surface area contributed by atoms with Crippen LogP contribution in [-0.4, -0.2) is 16.9 Å². The van der Waals surface area contributed by atoms with Crippen LogP contribution in [0.1, 0.15) is 49.8 Å². The molecule has 2 aliphatic heterocycles. The van der Waals surface area contributed by atoms with Crippen LogP contribution >= 0.6 is 11.8 Å². The van der Waals surface area contributed by atoms with Gasteiger partial charge in [0.1, 0.15) is 0 Å². The van der Waals surface area contributed by atoms with Crippen LogP contribution in [0.2, 0.25) is 0 Å². The maximum absolute atomic E-state index is 2.47. The van der Waals surface area contributed by atoms with E-state index >= 15 is 0 Å². The molecule has 1 aliphatic carbocycles. The number of anilines is 1. The van der Waals surface area contributed by atoms with Crippen molar-refractivity contribution in [3.63, 3.8) is 0 Å². The maximum atomic E-state index is 2.47. The van der Waals surface area contributed by atoms with Crippen molar-refractivity contribution in [2.75, 3.05) is 11.9 Å². The van der Waals surface area contributed by atoms with Gasteiger partial charge in [-0.1, -0.05) is 106 Å². The minimum absolute atomic E-state index is 0.438. The summed E-state index contributed by atoms with van der Waals surface area (Å²) >= 11 is 2.00. The third kappa shape index (κ3) is 4.76. The molecule has 3 heterocycles. The molecule has 0 N–H and O–H groups in total. The Morgan fingerprint density at radius 2 is 1.64 bits per heavy atom. The first-order valence-electron chi connectivity index (χ1n) is 15.8. The summed E-state index contributed by atoms with van der Waals surface area (Å²) in [5, 5.41) is 3.13. The van der Waals surface area contributed by atoms with Gasteiger partial charge in [-0.2, -0.15) is 0 Å². The molecule has 0 spiro atoms. The summed E-state index contributed by atoms with van der Waals surface area (Å²) in [5.41, 5.74) is 11.3. The minimum Gasteiger partial charge on any atom is -0.344 e. The SMILES string of the molecule is CC.CC/C=C(/C=C1/C=Cc2ccccc2N1C)c1cccc(-n2c3ccccc3c3cc4c(cc32)C2C=CC=CC2S4)c1. The molecule has 3 aliphatic rings. The number of likely N-dealkylation sites (N-methyl/N-ethyl adjacent to an activating group) is 1. The van der Waals surface area contributed by atoms with Crippen LogP contribution in [0.25, 0.3) is 39.1 Å². The zero-order valence-electron chi connectivity index (χ0n) is 25.9. The Morgan fingerprint density at radius 1 is 0.818 bits per heavy atom. The lowest BCUT2D eigenvalue weighted by molar-refractivity contribution is 0.882. The highest BCUT2D eigenvalue weighted by Gasteiger charge is 2.32. The van der Waals surface area contributed by atoms with E-state index in [1.165, 1.54) is 66.0 Å². The summed E-state index contributed by atoms with van der Waals surface area (Å²) in [5.74, 6) is 0.438. The molecule has 0 saturated heterocycles.